The number of amides is 1. The van der Waals surface area contributed by atoms with Crippen molar-refractivity contribution in [1.82, 2.24) is 4.90 Å². The van der Waals surface area contributed by atoms with E-state index in [1.807, 2.05) is 41.3 Å². The first-order valence-corrected chi connectivity index (χ1v) is 7.32. The van der Waals surface area contributed by atoms with Crippen LogP contribution in [0.1, 0.15) is 38.2 Å². The van der Waals surface area contributed by atoms with E-state index in [4.69, 9.17) is 4.74 Å². The molecule has 0 aliphatic carbocycles. The Balaban J connectivity index is 1.96. The van der Waals surface area contributed by atoms with Gasteiger partial charge in [0.1, 0.15) is 6.61 Å². The first-order valence-electron chi connectivity index (χ1n) is 7.32. The summed E-state index contributed by atoms with van der Waals surface area (Å²) in [5.74, 6) is 0. The molecule has 1 aromatic rings. The topological polar surface area (TPSA) is 29.5 Å². The fourth-order valence-corrected chi connectivity index (χ4v) is 2.83. The van der Waals surface area contributed by atoms with Gasteiger partial charge < -0.3 is 9.64 Å². The van der Waals surface area contributed by atoms with Crippen LogP contribution in [0, 0.1) is 0 Å². The third kappa shape index (κ3) is 3.62. The van der Waals surface area contributed by atoms with Gasteiger partial charge in [-0.05, 0) is 38.2 Å². The van der Waals surface area contributed by atoms with E-state index in [0.29, 0.717) is 6.61 Å². The first kappa shape index (κ1) is 14.6. The molecule has 0 bridgehead atoms. The molecule has 20 heavy (non-hydrogen) atoms. The van der Waals surface area contributed by atoms with Crippen LogP contribution < -0.4 is 0 Å². The summed E-state index contributed by atoms with van der Waals surface area (Å²) in [5.41, 5.74) is 1.02. The van der Waals surface area contributed by atoms with E-state index in [1.54, 1.807) is 0 Å². The van der Waals surface area contributed by atoms with Gasteiger partial charge in [0.05, 0.1) is 0 Å². The highest BCUT2D eigenvalue weighted by molar-refractivity contribution is 5.68. The van der Waals surface area contributed by atoms with Crippen LogP contribution in [0.4, 0.5) is 4.79 Å². The van der Waals surface area contributed by atoms with Crippen LogP contribution >= 0.6 is 0 Å². The van der Waals surface area contributed by atoms with E-state index >= 15 is 0 Å². The third-order valence-corrected chi connectivity index (χ3v) is 3.88. The number of rotatable bonds is 4. The van der Waals surface area contributed by atoms with Gasteiger partial charge in [0.2, 0.25) is 0 Å². The number of carbonyl (C=O) groups is 1. The van der Waals surface area contributed by atoms with Gasteiger partial charge in [0, 0.05) is 12.1 Å². The molecule has 0 spiro atoms. The average Bonchev–Trinajstić information content (AvgIpc) is 2.46. The van der Waals surface area contributed by atoms with Gasteiger partial charge >= 0.3 is 6.09 Å². The molecule has 3 nitrogen and oxygen atoms in total. The SMILES string of the molecule is C=CC[C@@H]1CCC[C@H](C)N1C(=O)OCc1ccccc1. The molecule has 3 heteroatoms. The predicted molar refractivity (Wildman–Crippen MR) is 80.4 cm³/mol. The van der Waals surface area contributed by atoms with Crippen molar-refractivity contribution in [1.29, 1.82) is 0 Å². The molecule has 1 amide bonds. The van der Waals surface area contributed by atoms with Gasteiger partial charge in [0.15, 0.2) is 0 Å². The van der Waals surface area contributed by atoms with Gasteiger partial charge in [-0.1, -0.05) is 36.4 Å². The number of piperidine rings is 1. The van der Waals surface area contributed by atoms with E-state index < -0.39 is 0 Å². The van der Waals surface area contributed by atoms with Crippen molar-refractivity contribution >= 4 is 6.09 Å². The van der Waals surface area contributed by atoms with Crippen molar-refractivity contribution in [3.05, 3.63) is 48.6 Å². The normalized spacial score (nSPS) is 22.4. The minimum atomic E-state index is -0.201. The number of hydrogen-bond donors (Lipinski definition) is 0. The third-order valence-electron chi connectivity index (χ3n) is 3.88. The maximum Gasteiger partial charge on any atom is 0.410 e. The molecule has 0 N–H and O–H groups in total. The molecule has 2 atom stereocenters. The molecule has 1 aliphatic rings. The van der Waals surface area contributed by atoms with Crippen molar-refractivity contribution < 1.29 is 9.53 Å². The Kier molecular flexibility index (Phi) is 5.22. The molecule has 1 saturated heterocycles. The Labute approximate surface area is 121 Å². The summed E-state index contributed by atoms with van der Waals surface area (Å²) in [5, 5.41) is 0. The number of benzene rings is 1. The van der Waals surface area contributed by atoms with Gasteiger partial charge in [-0.15, -0.1) is 6.58 Å². The molecule has 0 radical (unpaired) electrons. The van der Waals surface area contributed by atoms with E-state index in [9.17, 15) is 4.79 Å². The van der Waals surface area contributed by atoms with Crippen molar-refractivity contribution in [2.24, 2.45) is 0 Å². The minimum Gasteiger partial charge on any atom is -0.445 e. The molecule has 1 heterocycles. The number of likely N-dealkylation sites (tertiary alicyclic amines) is 1. The van der Waals surface area contributed by atoms with E-state index in [0.717, 1.165) is 24.8 Å². The molecule has 108 valence electrons. The van der Waals surface area contributed by atoms with Gasteiger partial charge in [0.25, 0.3) is 0 Å². The van der Waals surface area contributed by atoms with Crippen LogP contribution in [0.5, 0.6) is 0 Å². The smallest absolute Gasteiger partial charge is 0.410 e. The Morgan fingerprint density at radius 3 is 2.85 bits per heavy atom. The summed E-state index contributed by atoms with van der Waals surface area (Å²) in [7, 11) is 0. The molecule has 1 aromatic carbocycles. The van der Waals surface area contributed by atoms with Gasteiger partial charge in [-0.25, -0.2) is 4.79 Å². The lowest BCUT2D eigenvalue weighted by Gasteiger charge is -2.39. The second-order valence-corrected chi connectivity index (χ2v) is 5.41. The van der Waals surface area contributed by atoms with Crippen LogP contribution in [-0.2, 0) is 11.3 Å². The van der Waals surface area contributed by atoms with Gasteiger partial charge in [-0.2, -0.15) is 0 Å². The van der Waals surface area contributed by atoms with Crippen LogP contribution in [-0.4, -0.2) is 23.1 Å². The highest BCUT2D eigenvalue weighted by Crippen LogP contribution is 2.26. The fourth-order valence-electron chi connectivity index (χ4n) is 2.83. The summed E-state index contributed by atoms with van der Waals surface area (Å²) < 4.78 is 5.47. The molecule has 0 aromatic heterocycles. The Morgan fingerprint density at radius 1 is 1.40 bits per heavy atom. The summed E-state index contributed by atoms with van der Waals surface area (Å²) in [6, 6.07) is 10.3. The van der Waals surface area contributed by atoms with Crippen molar-refractivity contribution in [3.8, 4) is 0 Å². The fraction of sp³-hybridized carbons (Fsp3) is 0.471. The zero-order chi connectivity index (χ0) is 14.4. The largest absolute Gasteiger partial charge is 0.445 e. The molecule has 1 aliphatic heterocycles. The zero-order valence-electron chi connectivity index (χ0n) is 12.1. The lowest BCUT2D eigenvalue weighted by molar-refractivity contribution is 0.0470. The molecular formula is C17H23NO2. The maximum absolute atomic E-state index is 12.3. The van der Waals surface area contributed by atoms with Crippen LogP contribution in [0.2, 0.25) is 0 Å². The Morgan fingerprint density at radius 2 is 2.15 bits per heavy atom. The van der Waals surface area contributed by atoms with E-state index in [1.165, 1.54) is 6.42 Å². The molecular weight excluding hydrogens is 250 g/mol. The van der Waals surface area contributed by atoms with E-state index in [-0.39, 0.29) is 18.2 Å². The molecule has 2 rings (SSSR count). The van der Waals surface area contributed by atoms with Crippen molar-refractivity contribution in [2.75, 3.05) is 0 Å². The maximum atomic E-state index is 12.3. The summed E-state index contributed by atoms with van der Waals surface area (Å²) >= 11 is 0. The Hall–Kier alpha value is -1.77. The van der Waals surface area contributed by atoms with Crippen LogP contribution in [0.3, 0.4) is 0 Å². The van der Waals surface area contributed by atoms with Crippen LogP contribution in [0.25, 0.3) is 0 Å². The van der Waals surface area contributed by atoms with Crippen molar-refractivity contribution in [2.45, 2.75) is 51.3 Å². The second kappa shape index (κ2) is 7.13. The number of ether oxygens (including phenoxy) is 1. The van der Waals surface area contributed by atoms with Crippen LogP contribution in [0.15, 0.2) is 43.0 Å². The summed E-state index contributed by atoms with van der Waals surface area (Å²) in [4.78, 5) is 14.2. The lowest BCUT2D eigenvalue weighted by atomic mass is 9.95. The molecule has 0 saturated carbocycles. The highest BCUT2D eigenvalue weighted by Gasteiger charge is 2.31. The number of hydrogen-bond acceptors (Lipinski definition) is 2. The molecule has 1 fully saturated rings. The Bertz CT molecular complexity index is 444. The van der Waals surface area contributed by atoms with Crippen molar-refractivity contribution in [3.63, 3.8) is 0 Å². The zero-order valence-corrected chi connectivity index (χ0v) is 12.1. The quantitative estimate of drug-likeness (QED) is 0.771. The minimum absolute atomic E-state index is 0.201. The highest BCUT2D eigenvalue weighted by atomic mass is 16.6. The number of carbonyl (C=O) groups excluding carboxylic acids is 1. The van der Waals surface area contributed by atoms with Gasteiger partial charge in [-0.3, -0.25) is 0 Å². The summed E-state index contributed by atoms with van der Waals surface area (Å²) in [6.07, 6.45) is 5.78. The monoisotopic (exact) mass is 273 g/mol. The second-order valence-electron chi connectivity index (χ2n) is 5.41. The predicted octanol–water partition coefficient (Wildman–Crippen LogP) is 4.14. The van der Waals surface area contributed by atoms with E-state index in [2.05, 4.69) is 13.5 Å². The average molecular weight is 273 g/mol. The first-order chi connectivity index (χ1) is 9.72. The standard InChI is InChI=1S/C17H23NO2/c1-3-8-16-12-7-9-14(2)18(16)17(19)20-13-15-10-5-4-6-11-15/h3-6,10-11,14,16H,1,7-9,12-13H2,2H3/t14-,16+/m0/s1. The summed E-state index contributed by atoms with van der Waals surface area (Å²) in [6.45, 7) is 6.22. The number of nitrogens with zero attached hydrogens (tertiary/aromatic N) is 1. The molecule has 0 unspecified atom stereocenters. The lowest BCUT2D eigenvalue weighted by Crippen LogP contribution is -2.48.